The van der Waals surface area contributed by atoms with Gasteiger partial charge in [0, 0.05) is 18.8 Å². The van der Waals surface area contributed by atoms with Crippen LogP contribution >= 0.6 is 0 Å². The van der Waals surface area contributed by atoms with Gasteiger partial charge in [0.2, 0.25) is 0 Å². The van der Waals surface area contributed by atoms with Crippen LogP contribution in [0.3, 0.4) is 0 Å². The summed E-state index contributed by atoms with van der Waals surface area (Å²) in [5.41, 5.74) is 1.26. The minimum Gasteiger partial charge on any atom is -0.357 e. The van der Waals surface area contributed by atoms with Gasteiger partial charge in [-0.15, -0.1) is 0 Å². The van der Waals surface area contributed by atoms with Gasteiger partial charge in [-0.25, -0.2) is 5.01 Å². The fraction of sp³-hybridized carbons (Fsp3) is 0.400. The minimum absolute atomic E-state index is 0.837. The Morgan fingerprint density at radius 1 is 1.08 bits per heavy atom. The van der Waals surface area contributed by atoms with Crippen LogP contribution in [0.25, 0.3) is 0 Å². The Hall–Kier alpha value is -1.06. The molecule has 13 heavy (non-hydrogen) atoms. The first-order chi connectivity index (χ1) is 6.36. The molecule has 1 heterocycles. The van der Waals surface area contributed by atoms with Crippen LogP contribution in [0.5, 0.6) is 0 Å². The summed E-state index contributed by atoms with van der Waals surface area (Å²) < 4.78 is 0. The average Bonchev–Trinajstić information content (AvgIpc) is 2.19. The lowest BCUT2D eigenvalue weighted by Gasteiger charge is -2.34. The maximum Gasteiger partial charge on any atom is 0.0836 e. The molecule has 3 heteroatoms. The zero-order valence-electron chi connectivity index (χ0n) is 7.69. The molecule has 70 valence electrons. The fourth-order valence-corrected chi connectivity index (χ4v) is 1.67. The number of benzene rings is 1. The summed E-state index contributed by atoms with van der Waals surface area (Å²) in [5, 5.41) is 1.86. The van der Waals surface area contributed by atoms with Gasteiger partial charge in [-0.2, -0.15) is 0 Å². The third-order valence-corrected chi connectivity index (χ3v) is 2.35. The molecule has 1 aliphatic rings. The van der Waals surface area contributed by atoms with Crippen molar-refractivity contribution in [1.82, 2.24) is 5.01 Å². The van der Waals surface area contributed by atoms with Crippen LogP contribution in [0.4, 0.5) is 5.69 Å². The van der Waals surface area contributed by atoms with Crippen LogP contribution in [-0.4, -0.2) is 24.8 Å². The normalized spacial score (nSPS) is 19.0. The Balaban J connectivity index is 2.08. The molecule has 0 saturated carbocycles. The third kappa shape index (κ3) is 1.99. The van der Waals surface area contributed by atoms with E-state index < -0.39 is 0 Å². The smallest absolute Gasteiger partial charge is 0.0836 e. The number of rotatable bonds is 1. The van der Waals surface area contributed by atoms with Crippen LogP contribution in [0.1, 0.15) is 6.42 Å². The Labute approximate surface area is 78.7 Å². The van der Waals surface area contributed by atoms with Crippen molar-refractivity contribution in [2.24, 2.45) is 5.84 Å². The van der Waals surface area contributed by atoms with Crippen molar-refractivity contribution in [2.75, 3.05) is 24.7 Å². The van der Waals surface area contributed by atoms with Gasteiger partial charge in [-0.3, -0.25) is 5.84 Å². The Morgan fingerprint density at radius 2 is 1.85 bits per heavy atom. The van der Waals surface area contributed by atoms with Crippen molar-refractivity contribution in [2.45, 2.75) is 6.42 Å². The maximum absolute atomic E-state index is 5.75. The molecule has 0 aliphatic carbocycles. The molecule has 0 bridgehead atoms. The van der Waals surface area contributed by atoms with Gasteiger partial charge < -0.3 is 4.90 Å². The predicted octanol–water partition coefficient (Wildman–Crippen LogP) is 1.03. The Morgan fingerprint density at radius 3 is 2.54 bits per heavy atom. The molecule has 1 fully saturated rings. The van der Waals surface area contributed by atoms with E-state index in [2.05, 4.69) is 29.2 Å². The molecule has 0 atom stereocenters. The van der Waals surface area contributed by atoms with Gasteiger partial charge in [-0.1, -0.05) is 18.2 Å². The predicted molar refractivity (Wildman–Crippen MR) is 54.2 cm³/mol. The summed E-state index contributed by atoms with van der Waals surface area (Å²) in [5.74, 6) is 5.75. The highest BCUT2D eigenvalue weighted by Gasteiger charge is 2.13. The summed E-state index contributed by atoms with van der Waals surface area (Å²) in [7, 11) is 0. The number of para-hydroxylation sites is 1. The van der Waals surface area contributed by atoms with Gasteiger partial charge in [0.05, 0.1) is 6.67 Å². The molecule has 0 unspecified atom stereocenters. The van der Waals surface area contributed by atoms with Gasteiger partial charge in [-0.05, 0) is 18.6 Å². The Kier molecular flexibility index (Phi) is 2.47. The molecule has 1 aliphatic heterocycles. The highest BCUT2D eigenvalue weighted by atomic mass is 15.5. The molecule has 3 nitrogen and oxygen atoms in total. The number of anilines is 1. The first-order valence-corrected chi connectivity index (χ1v) is 4.66. The van der Waals surface area contributed by atoms with E-state index in [0.29, 0.717) is 0 Å². The zero-order valence-corrected chi connectivity index (χ0v) is 7.69. The van der Waals surface area contributed by atoms with Crippen molar-refractivity contribution in [3.63, 3.8) is 0 Å². The van der Waals surface area contributed by atoms with Crippen LogP contribution in [-0.2, 0) is 0 Å². The third-order valence-electron chi connectivity index (χ3n) is 2.35. The lowest BCUT2D eigenvalue weighted by molar-refractivity contribution is 0.248. The fourth-order valence-electron chi connectivity index (χ4n) is 1.67. The van der Waals surface area contributed by atoms with Crippen LogP contribution in [0, 0.1) is 0 Å². The number of nitrogens with zero attached hydrogens (tertiary/aromatic N) is 2. The zero-order chi connectivity index (χ0) is 9.10. The number of hydrazine groups is 1. The van der Waals surface area contributed by atoms with Crippen molar-refractivity contribution >= 4 is 5.69 Å². The first kappa shape index (κ1) is 8.53. The summed E-state index contributed by atoms with van der Waals surface area (Å²) in [4.78, 5) is 2.30. The highest BCUT2D eigenvalue weighted by Crippen LogP contribution is 2.15. The first-order valence-electron chi connectivity index (χ1n) is 4.66. The molecule has 1 aromatic carbocycles. The summed E-state index contributed by atoms with van der Waals surface area (Å²) in [6.07, 6.45) is 1.14. The van der Waals surface area contributed by atoms with Crippen molar-refractivity contribution in [3.8, 4) is 0 Å². The van der Waals surface area contributed by atoms with E-state index in [9.17, 15) is 0 Å². The van der Waals surface area contributed by atoms with Crippen LogP contribution in [0.2, 0.25) is 0 Å². The second-order valence-electron chi connectivity index (χ2n) is 3.41. The van der Waals surface area contributed by atoms with Gasteiger partial charge >= 0.3 is 0 Å². The summed E-state index contributed by atoms with van der Waals surface area (Å²) in [6, 6.07) is 10.4. The quantitative estimate of drug-likeness (QED) is 0.650. The van der Waals surface area contributed by atoms with E-state index in [4.69, 9.17) is 5.84 Å². The topological polar surface area (TPSA) is 32.5 Å². The van der Waals surface area contributed by atoms with Crippen molar-refractivity contribution < 1.29 is 0 Å². The van der Waals surface area contributed by atoms with Gasteiger partial charge in [0.15, 0.2) is 0 Å². The monoisotopic (exact) mass is 177 g/mol. The van der Waals surface area contributed by atoms with E-state index in [0.717, 1.165) is 26.2 Å². The maximum atomic E-state index is 5.75. The van der Waals surface area contributed by atoms with Crippen molar-refractivity contribution in [3.05, 3.63) is 30.3 Å². The molecule has 1 aromatic rings. The largest absolute Gasteiger partial charge is 0.357 e. The number of hydrogen-bond acceptors (Lipinski definition) is 3. The minimum atomic E-state index is 0.837. The van der Waals surface area contributed by atoms with E-state index in [-0.39, 0.29) is 0 Å². The molecule has 1 saturated heterocycles. The molecule has 2 N–H and O–H groups in total. The highest BCUT2D eigenvalue weighted by molar-refractivity contribution is 5.45. The second-order valence-corrected chi connectivity index (χ2v) is 3.41. The number of nitrogens with two attached hydrogens (primary N) is 1. The van der Waals surface area contributed by atoms with E-state index in [1.54, 1.807) is 0 Å². The van der Waals surface area contributed by atoms with Gasteiger partial charge in [0.1, 0.15) is 0 Å². The lowest BCUT2D eigenvalue weighted by atomic mass is 10.2. The lowest BCUT2D eigenvalue weighted by Crippen LogP contribution is -2.48. The van der Waals surface area contributed by atoms with E-state index >= 15 is 0 Å². The summed E-state index contributed by atoms with van der Waals surface area (Å²) in [6.45, 7) is 2.95. The van der Waals surface area contributed by atoms with Crippen LogP contribution < -0.4 is 10.7 Å². The van der Waals surface area contributed by atoms with E-state index in [1.807, 2.05) is 11.1 Å². The van der Waals surface area contributed by atoms with Crippen LogP contribution in [0.15, 0.2) is 30.3 Å². The standard InChI is InChI=1S/C10H15N3/c11-13-8-4-7-12(9-13)10-5-2-1-3-6-10/h1-3,5-6H,4,7-9,11H2. The Bertz CT molecular complexity index is 260. The molecular formula is C10H15N3. The average molecular weight is 177 g/mol. The SMILES string of the molecule is NN1CCCN(c2ccccc2)C1. The number of hydrogen-bond donors (Lipinski definition) is 1. The van der Waals surface area contributed by atoms with Crippen molar-refractivity contribution in [1.29, 1.82) is 0 Å². The molecule has 0 aromatic heterocycles. The molecule has 0 amide bonds. The van der Waals surface area contributed by atoms with E-state index in [1.165, 1.54) is 5.69 Å². The molecule has 2 rings (SSSR count). The van der Waals surface area contributed by atoms with Gasteiger partial charge in [0.25, 0.3) is 0 Å². The summed E-state index contributed by atoms with van der Waals surface area (Å²) >= 11 is 0. The molecule has 0 radical (unpaired) electrons. The second kappa shape index (κ2) is 3.77. The molecular weight excluding hydrogens is 162 g/mol. The molecule has 0 spiro atoms.